The summed E-state index contributed by atoms with van der Waals surface area (Å²) in [7, 11) is 1.82. The third-order valence-corrected chi connectivity index (χ3v) is 5.15. The molecule has 0 atom stereocenters. The Hall–Kier alpha value is -2.87. The molecule has 0 fully saturated rings. The predicted molar refractivity (Wildman–Crippen MR) is 98.9 cm³/mol. The Kier molecular flexibility index (Phi) is 4.81. The molecule has 2 aromatic carbocycles. The van der Waals surface area contributed by atoms with E-state index in [4.69, 9.17) is 9.47 Å². The number of ketones is 1. The highest BCUT2D eigenvalue weighted by molar-refractivity contribution is 7.99. The number of thioether (sulfide) groups is 1. The third kappa shape index (κ3) is 3.66. The molecule has 0 amide bonds. The second kappa shape index (κ2) is 7.40. The highest BCUT2D eigenvalue weighted by atomic mass is 32.2. The van der Waals surface area contributed by atoms with E-state index < -0.39 is 0 Å². The van der Waals surface area contributed by atoms with Crippen LogP contribution < -0.4 is 9.47 Å². The van der Waals surface area contributed by atoms with Gasteiger partial charge in [-0.15, -0.1) is 10.2 Å². The molecule has 0 unspecified atom stereocenters. The van der Waals surface area contributed by atoms with Crippen molar-refractivity contribution in [1.29, 1.82) is 0 Å². The van der Waals surface area contributed by atoms with E-state index in [1.165, 1.54) is 23.9 Å². The van der Waals surface area contributed by atoms with Gasteiger partial charge in [-0.1, -0.05) is 11.8 Å². The van der Waals surface area contributed by atoms with Crippen molar-refractivity contribution >= 4 is 17.5 Å². The van der Waals surface area contributed by atoms with Crippen molar-refractivity contribution in [1.82, 2.24) is 14.8 Å². The Morgan fingerprint density at radius 1 is 1.11 bits per heavy atom. The van der Waals surface area contributed by atoms with Crippen LogP contribution in [0, 0.1) is 5.82 Å². The highest BCUT2D eigenvalue weighted by Gasteiger charge is 2.17. The molecule has 6 nitrogen and oxygen atoms in total. The van der Waals surface area contributed by atoms with Gasteiger partial charge in [0.25, 0.3) is 0 Å². The smallest absolute Gasteiger partial charge is 0.191 e. The fourth-order valence-electron chi connectivity index (χ4n) is 2.72. The van der Waals surface area contributed by atoms with Crippen LogP contribution in [0.4, 0.5) is 4.39 Å². The molecular weight excluding hydrogens is 369 g/mol. The lowest BCUT2D eigenvalue weighted by molar-refractivity contribution is 0.102. The molecule has 0 N–H and O–H groups in total. The van der Waals surface area contributed by atoms with Crippen LogP contribution >= 0.6 is 11.8 Å². The van der Waals surface area contributed by atoms with Gasteiger partial charge in [0.05, 0.1) is 5.75 Å². The van der Waals surface area contributed by atoms with Gasteiger partial charge in [0.2, 0.25) is 0 Å². The maximum atomic E-state index is 13.1. The molecule has 1 aromatic heterocycles. The summed E-state index contributed by atoms with van der Waals surface area (Å²) in [4.78, 5) is 12.5. The van der Waals surface area contributed by atoms with Gasteiger partial charge in [-0.3, -0.25) is 4.79 Å². The van der Waals surface area contributed by atoms with Crippen LogP contribution in [-0.2, 0) is 7.05 Å². The minimum Gasteiger partial charge on any atom is -0.486 e. The highest BCUT2D eigenvalue weighted by Crippen LogP contribution is 2.31. The van der Waals surface area contributed by atoms with Crippen molar-refractivity contribution in [3.05, 3.63) is 53.8 Å². The zero-order valence-corrected chi connectivity index (χ0v) is 15.3. The summed E-state index contributed by atoms with van der Waals surface area (Å²) in [5.74, 6) is 1.74. The van der Waals surface area contributed by atoms with E-state index >= 15 is 0 Å². The zero-order chi connectivity index (χ0) is 18.8. The first-order chi connectivity index (χ1) is 13.1. The van der Waals surface area contributed by atoms with Crippen LogP contribution in [0.25, 0.3) is 11.4 Å². The Morgan fingerprint density at radius 3 is 2.63 bits per heavy atom. The van der Waals surface area contributed by atoms with Crippen molar-refractivity contribution in [2.75, 3.05) is 19.0 Å². The maximum Gasteiger partial charge on any atom is 0.191 e. The lowest BCUT2D eigenvalue weighted by Crippen LogP contribution is -2.16. The van der Waals surface area contributed by atoms with Crippen molar-refractivity contribution in [2.45, 2.75) is 5.16 Å². The number of hydrogen-bond donors (Lipinski definition) is 0. The number of carbonyl (C=O) groups excluding carboxylic acids is 1. The normalized spacial score (nSPS) is 12.8. The molecule has 3 aromatic rings. The standard InChI is InChI=1S/C19H16FN3O3S/c1-23-18(12-2-5-14(20)6-3-12)21-22-19(23)27-11-15(24)13-4-7-16-17(10-13)26-9-8-25-16/h2-7,10H,8-9,11H2,1H3. The van der Waals surface area contributed by atoms with E-state index in [1.807, 2.05) is 7.05 Å². The molecule has 1 aliphatic rings. The van der Waals surface area contributed by atoms with Crippen LogP contribution in [0.5, 0.6) is 11.5 Å². The number of halogens is 1. The summed E-state index contributed by atoms with van der Waals surface area (Å²) >= 11 is 1.30. The molecule has 2 heterocycles. The van der Waals surface area contributed by atoms with E-state index in [0.29, 0.717) is 41.3 Å². The van der Waals surface area contributed by atoms with Gasteiger partial charge in [-0.05, 0) is 42.5 Å². The van der Waals surface area contributed by atoms with E-state index in [9.17, 15) is 9.18 Å². The monoisotopic (exact) mass is 385 g/mol. The first-order valence-corrected chi connectivity index (χ1v) is 9.31. The van der Waals surface area contributed by atoms with E-state index in [2.05, 4.69) is 10.2 Å². The third-order valence-electron chi connectivity index (χ3n) is 4.13. The summed E-state index contributed by atoms with van der Waals surface area (Å²) in [6.45, 7) is 0.989. The number of carbonyl (C=O) groups is 1. The average Bonchev–Trinajstić information content (AvgIpc) is 3.07. The minimum absolute atomic E-state index is 0.0386. The number of benzene rings is 2. The van der Waals surface area contributed by atoms with Crippen molar-refractivity contribution in [2.24, 2.45) is 7.05 Å². The molecule has 0 saturated heterocycles. The SMILES string of the molecule is Cn1c(SCC(=O)c2ccc3c(c2)OCCO3)nnc1-c1ccc(F)cc1. The van der Waals surface area contributed by atoms with Gasteiger partial charge < -0.3 is 14.0 Å². The van der Waals surface area contributed by atoms with Crippen LogP contribution in [0.2, 0.25) is 0 Å². The van der Waals surface area contributed by atoms with Gasteiger partial charge >= 0.3 is 0 Å². The largest absolute Gasteiger partial charge is 0.486 e. The van der Waals surface area contributed by atoms with Crippen molar-refractivity contribution in [3.63, 3.8) is 0 Å². The summed E-state index contributed by atoms with van der Waals surface area (Å²) in [5.41, 5.74) is 1.32. The zero-order valence-electron chi connectivity index (χ0n) is 14.5. The van der Waals surface area contributed by atoms with Gasteiger partial charge in [0.15, 0.2) is 28.3 Å². The number of Topliss-reactive ketones (excluding diaryl/α,β-unsaturated/α-hetero) is 1. The first-order valence-electron chi connectivity index (χ1n) is 8.33. The van der Waals surface area contributed by atoms with Crippen LogP contribution in [0.1, 0.15) is 10.4 Å². The number of aromatic nitrogens is 3. The molecular formula is C19H16FN3O3S. The van der Waals surface area contributed by atoms with E-state index in [0.717, 1.165) is 5.56 Å². The number of fused-ring (bicyclic) bond motifs is 1. The molecule has 8 heteroatoms. The van der Waals surface area contributed by atoms with Gasteiger partial charge in [0, 0.05) is 18.2 Å². The Balaban J connectivity index is 1.46. The summed E-state index contributed by atoms with van der Waals surface area (Å²) in [6.07, 6.45) is 0. The Bertz CT molecular complexity index is 988. The first kappa shape index (κ1) is 17.5. The van der Waals surface area contributed by atoms with Crippen LogP contribution in [-0.4, -0.2) is 39.5 Å². The molecule has 27 heavy (non-hydrogen) atoms. The number of ether oxygens (including phenoxy) is 2. The second-order valence-corrected chi connectivity index (χ2v) is 6.88. The van der Waals surface area contributed by atoms with Crippen molar-refractivity contribution < 1.29 is 18.7 Å². The number of nitrogens with zero attached hydrogens (tertiary/aromatic N) is 3. The topological polar surface area (TPSA) is 66.2 Å². The minimum atomic E-state index is -0.305. The molecule has 1 aliphatic heterocycles. The molecule has 4 rings (SSSR count). The number of rotatable bonds is 5. The lowest BCUT2D eigenvalue weighted by atomic mass is 10.1. The lowest BCUT2D eigenvalue weighted by Gasteiger charge is -2.18. The van der Waals surface area contributed by atoms with E-state index in [1.54, 1.807) is 34.9 Å². The van der Waals surface area contributed by atoms with Crippen LogP contribution in [0.15, 0.2) is 47.6 Å². The Labute approximate surface area is 159 Å². The summed E-state index contributed by atoms with van der Waals surface area (Å²) in [5, 5.41) is 8.89. The molecule has 0 aliphatic carbocycles. The predicted octanol–water partition coefficient (Wildman–Crippen LogP) is 3.37. The summed E-state index contributed by atoms with van der Waals surface area (Å²) in [6, 6.07) is 11.2. The molecule has 0 radical (unpaired) electrons. The fraction of sp³-hybridized carbons (Fsp3) is 0.211. The quantitative estimate of drug-likeness (QED) is 0.496. The molecule has 138 valence electrons. The maximum absolute atomic E-state index is 13.1. The fourth-order valence-corrected chi connectivity index (χ4v) is 3.53. The Morgan fingerprint density at radius 2 is 1.85 bits per heavy atom. The molecule has 0 bridgehead atoms. The average molecular weight is 385 g/mol. The van der Waals surface area contributed by atoms with E-state index in [-0.39, 0.29) is 17.4 Å². The van der Waals surface area contributed by atoms with Crippen LogP contribution in [0.3, 0.4) is 0 Å². The molecule has 0 saturated carbocycles. The van der Waals surface area contributed by atoms with Gasteiger partial charge in [-0.25, -0.2) is 4.39 Å². The van der Waals surface area contributed by atoms with Gasteiger partial charge in [-0.2, -0.15) is 0 Å². The second-order valence-electron chi connectivity index (χ2n) is 5.94. The number of hydrogen-bond acceptors (Lipinski definition) is 6. The molecule has 0 spiro atoms. The van der Waals surface area contributed by atoms with Gasteiger partial charge in [0.1, 0.15) is 19.0 Å². The van der Waals surface area contributed by atoms with Crippen molar-refractivity contribution in [3.8, 4) is 22.9 Å². The summed E-state index contributed by atoms with van der Waals surface area (Å²) < 4.78 is 25.9.